The molecule has 4 atom stereocenters. The summed E-state index contributed by atoms with van der Waals surface area (Å²) >= 11 is 0. The first-order chi connectivity index (χ1) is 20.4. The molecule has 2 bridgehead atoms. The zero-order chi connectivity index (χ0) is 30.9. The second-order valence-electron chi connectivity index (χ2n) is 10.2. The fraction of sp³-hybridized carbons (Fsp3) is 0.267. The molecule has 2 amide bonds. The van der Waals surface area contributed by atoms with Crippen LogP contribution in [0.1, 0.15) is 22.3 Å². The van der Waals surface area contributed by atoms with Gasteiger partial charge in [-0.05, 0) is 48.1 Å². The summed E-state index contributed by atoms with van der Waals surface area (Å²) < 4.78 is 88.4. The van der Waals surface area contributed by atoms with Crippen LogP contribution in [0.2, 0.25) is 0 Å². The molecule has 2 aliphatic rings. The third-order valence-corrected chi connectivity index (χ3v) is 9.00. The van der Waals surface area contributed by atoms with Gasteiger partial charge >= 0.3 is 5.51 Å². The molecular formula is C30H26F4N2O6S. The number of benzene rings is 3. The standard InChI is InChI=1S/C30H26F4N2O6S/c1-41-24-15-23(31)25(42-16-17-6-3-2-4-7-17)14-22(24)28(37)36-27-19-11-10-18(12-19)26(27)29(38)35-20-8-5-9-21(13-20)43(39,40)30(32,33)34/h2-11,13-15,18-19,26-27H,12,16H2,1H3,(H,35,38)(H,36,37)/t18-,19+,26+,27-/m1/s1. The van der Waals surface area contributed by atoms with Crippen molar-refractivity contribution in [3.05, 3.63) is 95.8 Å². The predicted molar refractivity (Wildman–Crippen MR) is 148 cm³/mol. The van der Waals surface area contributed by atoms with Crippen molar-refractivity contribution >= 4 is 27.3 Å². The van der Waals surface area contributed by atoms with Crippen LogP contribution in [0.4, 0.5) is 23.2 Å². The third kappa shape index (κ3) is 6.07. The number of nitrogens with one attached hydrogen (secondary N) is 2. The molecular weight excluding hydrogens is 592 g/mol. The quantitative estimate of drug-likeness (QED) is 0.250. The number of hydrogen-bond acceptors (Lipinski definition) is 6. The molecule has 0 aliphatic heterocycles. The summed E-state index contributed by atoms with van der Waals surface area (Å²) in [7, 11) is -4.34. The van der Waals surface area contributed by atoms with Gasteiger partial charge in [0.05, 0.1) is 23.5 Å². The van der Waals surface area contributed by atoms with Gasteiger partial charge in [-0.15, -0.1) is 0 Å². The summed E-state index contributed by atoms with van der Waals surface area (Å²) in [4.78, 5) is 25.8. The van der Waals surface area contributed by atoms with Crippen molar-refractivity contribution in [2.75, 3.05) is 12.4 Å². The summed E-state index contributed by atoms with van der Waals surface area (Å²) in [6.07, 6.45) is 4.24. The average Bonchev–Trinajstić information content (AvgIpc) is 3.58. The number of sulfone groups is 1. The largest absolute Gasteiger partial charge is 0.501 e. The Kier molecular flexibility index (Phi) is 8.19. The predicted octanol–water partition coefficient (Wildman–Crippen LogP) is 5.27. The first-order valence-corrected chi connectivity index (χ1v) is 14.6. The highest BCUT2D eigenvalue weighted by molar-refractivity contribution is 7.92. The van der Waals surface area contributed by atoms with E-state index < -0.39 is 49.8 Å². The lowest BCUT2D eigenvalue weighted by Crippen LogP contribution is -2.47. The van der Waals surface area contributed by atoms with Crippen LogP contribution >= 0.6 is 0 Å². The van der Waals surface area contributed by atoms with Gasteiger partial charge in [0, 0.05) is 17.8 Å². The highest BCUT2D eigenvalue weighted by atomic mass is 32.2. The van der Waals surface area contributed by atoms with Crippen LogP contribution < -0.4 is 20.1 Å². The summed E-state index contributed by atoms with van der Waals surface area (Å²) in [5.74, 6) is -3.54. The van der Waals surface area contributed by atoms with E-state index in [1.807, 2.05) is 18.2 Å². The Morgan fingerprint density at radius 1 is 0.953 bits per heavy atom. The average molecular weight is 619 g/mol. The number of rotatable bonds is 9. The SMILES string of the molecule is COc1cc(F)c(OCc2ccccc2)cc1C(=O)N[C@H]1[C@@H](C(=O)Nc2cccc(S(=O)(=O)C(F)(F)F)c2)[C@@H]2C=C[C@H]1C2. The summed E-state index contributed by atoms with van der Waals surface area (Å²) in [6.45, 7) is 0.0516. The van der Waals surface area contributed by atoms with Crippen LogP contribution in [0.15, 0.2) is 83.8 Å². The van der Waals surface area contributed by atoms with Gasteiger partial charge in [0.15, 0.2) is 11.6 Å². The van der Waals surface area contributed by atoms with E-state index in [9.17, 15) is 35.6 Å². The number of carbonyl (C=O) groups excluding carboxylic acids is 2. The van der Waals surface area contributed by atoms with Crippen LogP contribution in [0.25, 0.3) is 0 Å². The van der Waals surface area contributed by atoms with Gasteiger partial charge in [0.1, 0.15) is 12.4 Å². The molecule has 0 aromatic heterocycles. The molecule has 8 nitrogen and oxygen atoms in total. The Bertz CT molecular complexity index is 1680. The molecule has 0 radical (unpaired) electrons. The van der Waals surface area contributed by atoms with E-state index in [2.05, 4.69) is 10.6 Å². The number of anilines is 1. The fourth-order valence-electron chi connectivity index (χ4n) is 5.43. The Labute approximate surface area is 244 Å². The van der Waals surface area contributed by atoms with Crippen LogP contribution in [0, 0.1) is 23.6 Å². The van der Waals surface area contributed by atoms with E-state index in [4.69, 9.17) is 9.47 Å². The zero-order valence-corrected chi connectivity index (χ0v) is 23.4. The summed E-state index contributed by atoms with van der Waals surface area (Å²) in [6, 6.07) is 14.5. The van der Waals surface area contributed by atoms with Gasteiger partial charge in [-0.1, -0.05) is 48.6 Å². The van der Waals surface area contributed by atoms with E-state index in [0.717, 1.165) is 29.8 Å². The zero-order valence-electron chi connectivity index (χ0n) is 22.6. The molecule has 43 heavy (non-hydrogen) atoms. The van der Waals surface area contributed by atoms with E-state index in [1.54, 1.807) is 24.3 Å². The number of fused-ring (bicyclic) bond motifs is 2. The Balaban J connectivity index is 1.35. The molecule has 2 aliphatic carbocycles. The van der Waals surface area contributed by atoms with Crippen molar-refractivity contribution in [3.8, 4) is 11.5 Å². The minimum Gasteiger partial charge on any atom is -0.496 e. The van der Waals surface area contributed by atoms with Gasteiger partial charge < -0.3 is 20.1 Å². The van der Waals surface area contributed by atoms with E-state index >= 15 is 0 Å². The van der Waals surface area contributed by atoms with Crippen molar-refractivity contribution in [1.82, 2.24) is 5.32 Å². The summed E-state index contributed by atoms with van der Waals surface area (Å²) in [5.41, 5.74) is -4.89. The van der Waals surface area contributed by atoms with E-state index in [0.29, 0.717) is 6.42 Å². The number of methoxy groups -OCH3 is 1. The first-order valence-electron chi connectivity index (χ1n) is 13.1. The lowest BCUT2D eigenvalue weighted by atomic mass is 9.87. The molecule has 0 unspecified atom stereocenters. The molecule has 13 heteroatoms. The van der Waals surface area contributed by atoms with Crippen molar-refractivity contribution < 1.29 is 45.0 Å². The van der Waals surface area contributed by atoms with Gasteiger partial charge in [-0.3, -0.25) is 9.59 Å². The van der Waals surface area contributed by atoms with Gasteiger partial charge in [-0.25, -0.2) is 12.8 Å². The second kappa shape index (κ2) is 11.7. The number of amides is 2. The number of allylic oxidation sites excluding steroid dienone is 1. The normalized spacial score (nSPS) is 21.0. The van der Waals surface area contributed by atoms with Crippen LogP contribution in [0.5, 0.6) is 11.5 Å². The maximum absolute atomic E-state index is 14.8. The number of halogens is 4. The van der Waals surface area contributed by atoms with Crippen molar-refractivity contribution in [1.29, 1.82) is 0 Å². The molecule has 1 fully saturated rings. The van der Waals surface area contributed by atoms with Crippen molar-refractivity contribution in [2.24, 2.45) is 17.8 Å². The highest BCUT2D eigenvalue weighted by Gasteiger charge is 2.49. The minimum absolute atomic E-state index is 0.0251. The fourth-order valence-corrected chi connectivity index (χ4v) is 6.24. The van der Waals surface area contributed by atoms with E-state index in [1.165, 1.54) is 19.2 Å². The monoisotopic (exact) mass is 618 g/mol. The molecule has 3 aromatic carbocycles. The number of alkyl halides is 3. The second-order valence-corrected chi connectivity index (χ2v) is 12.1. The molecule has 226 valence electrons. The Morgan fingerprint density at radius 3 is 2.37 bits per heavy atom. The van der Waals surface area contributed by atoms with Crippen LogP contribution in [-0.4, -0.2) is 38.9 Å². The number of carbonyl (C=O) groups is 2. The highest BCUT2D eigenvalue weighted by Crippen LogP contribution is 2.45. The van der Waals surface area contributed by atoms with Crippen LogP contribution in [-0.2, 0) is 21.2 Å². The van der Waals surface area contributed by atoms with Gasteiger partial charge in [0.2, 0.25) is 5.91 Å². The molecule has 2 N–H and O–H groups in total. The minimum atomic E-state index is -5.62. The van der Waals surface area contributed by atoms with Gasteiger partial charge in [0.25, 0.3) is 15.7 Å². The molecule has 3 aromatic rings. The molecule has 0 heterocycles. The van der Waals surface area contributed by atoms with Gasteiger partial charge in [-0.2, -0.15) is 13.2 Å². The smallest absolute Gasteiger partial charge is 0.496 e. The lowest BCUT2D eigenvalue weighted by Gasteiger charge is -2.28. The maximum Gasteiger partial charge on any atom is 0.501 e. The Hall–Kier alpha value is -4.39. The number of ether oxygens (including phenoxy) is 2. The molecule has 0 saturated heterocycles. The maximum atomic E-state index is 14.8. The molecule has 0 spiro atoms. The topological polar surface area (TPSA) is 111 Å². The van der Waals surface area contributed by atoms with Crippen molar-refractivity contribution in [3.63, 3.8) is 0 Å². The number of hydrogen-bond donors (Lipinski definition) is 2. The Morgan fingerprint density at radius 2 is 1.67 bits per heavy atom. The third-order valence-electron chi connectivity index (χ3n) is 7.51. The molecule has 5 rings (SSSR count). The summed E-state index contributed by atoms with van der Waals surface area (Å²) in [5, 5.41) is 5.34. The van der Waals surface area contributed by atoms with Crippen molar-refractivity contribution in [2.45, 2.75) is 29.5 Å². The first kappa shape index (κ1) is 30.1. The molecule has 1 saturated carbocycles. The van der Waals surface area contributed by atoms with Crippen LogP contribution in [0.3, 0.4) is 0 Å². The van der Waals surface area contributed by atoms with E-state index in [-0.39, 0.29) is 41.2 Å². The lowest BCUT2D eigenvalue weighted by molar-refractivity contribution is -0.121.